The van der Waals surface area contributed by atoms with Gasteiger partial charge in [-0.05, 0) is 53.0 Å². The maximum Gasteiger partial charge on any atom is 0.139 e. The molecule has 1 fully saturated rings. The second-order valence-corrected chi connectivity index (χ2v) is 7.76. The third kappa shape index (κ3) is 3.44. The van der Waals surface area contributed by atoms with Crippen LogP contribution >= 0.6 is 15.9 Å². The summed E-state index contributed by atoms with van der Waals surface area (Å²) in [6.45, 7) is 1.66. The van der Waals surface area contributed by atoms with E-state index in [0.29, 0.717) is 0 Å². The van der Waals surface area contributed by atoms with Gasteiger partial charge >= 0.3 is 0 Å². The Balaban J connectivity index is 1.73. The molecule has 26 heavy (non-hydrogen) atoms. The molecule has 136 valence electrons. The third-order valence-electron chi connectivity index (χ3n) is 4.76. The van der Waals surface area contributed by atoms with Crippen LogP contribution in [0.25, 0.3) is 16.9 Å². The van der Waals surface area contributed by atoms with Crippen LogP contribution in [0.4, 0.5) is 11.5 Å². The van der Waals surface area contributed by atoms with E-state index in [1.165, 1.54) is 5.69 Å². The topological polar surface area (TPSA) is 41.8 Å². The lowest BCUT2D eigenvalue weighted by Gasteiger charge is -2.14. The van der Waals surface area contributed by atoms with Crippen molar-refractivity contribution < 1.29 is 4.74 Å². The molecule has 4 rings (SSSR count). The van der Waals surface area contributed by atoms with Gasteiger partial charge in [-0.2, -0.15) is 0 Å². The molecule has 5 nitrogen and oxygen atoms in total. The lowest BCUT2D eigenvalue weighted by molar-refractivity contribution is 0.120. The van der Waals surface area contributed by atoms with Crippen molar-refractivity contribution in [2.24, 2.45) is 0 Å². The molecule has 3 aromatic rings. The Bertz CT molecular complexity index is 898. The second kappa shape index (κ2) is 7.29. The predicted molar refractivity (Wildman–Crippen MR) is 110 cm³/mol. The summed E-state index contributed by atoms with van der Waals surface area (Å²) in [6, 6.07) is 12.6. The zero-order chi connectivity index (χ0) is 18.1. The Labute approximate surface area is 162 Å². The highest BCUT2D eigenvalue weighted by atomic mass is 79.9. The Morgan fingerprint density at radius 1 is 1.23 bits per heavy atom. The van der Waals surface area contributed by atoms with Gasteiger partial charge in [0.1, 0.15) is 17.2 Å². The van der Waals surface area contributed by atoms with Crippen molar-refractivity contribution in [3.63, 3.8) is 0 Å². The van der Waals surface area contributed by atoms with Gasteiger partial charge in [0.05, 0.1) is 6.10 Å². The van der Waals surface area contributed by atoms with Crippen molar-refractivity contribution in [3.05, 3.63) is 47.1 Å². The Morgan fingerprint density at radius 2 is 2.04 bits per heavy atom. The molecular formula is C20H23BrN4O. The zero-order valence-electron chi connectivity index (χ0n) is 15.1. The first-order valence-corrected chi connectivity index (χ1v) is 9.72. The van der Waals surface area contributed by atoms with Crippen LogP contribution in [-0.2, 0) is 4.74 Å². The summed E-state index contributed by atoms with van der Waals surface area (Å²) in [7, 11) is 4.10. The largest absolute Gasteiger partial charge is 0.378 e. The monoisotopic (exact) mass is 414 g/mol. The molecule has 0 saturated carbocycles. The fourth-order valence-corrected chi connectivity index (χ4v) is 3.66. The summed E-state index contributed by atoms with van der Waals surface area (Å²) in [5.41, 5.74) is 4.17. The molecule has 0 aliphatic carbocycles. The number of ether oxygens (including phenoxy) is 1. The van der Waals surface area contributed by atoms with Crippen LogP contribution in [0.15, 0.2) is 47.1 Å². The van der Waals surface area contributed by atoms with Crippen LogP contribution in [-0.4, -0.2) is 42.7 Å². The summed E-state index contributed by atoms with van der Waals surface area (Å²) < 4.78 is 8.90. The van der Waals surface area contributed by atoms with Crippen molar-refractivity contribution in [1.29, 1.82) is 0 Å². The molecule has 6 heteroatoms. The molecule has 0 radical (unpaired) electrons. The van der Waals surface area contributed by atoms with E-state index >= 15 is 0 Å². The number of nitrogens with zero attached hydrogens (tertiary/aromatic N) is 3. The molecule has 2 aromatic heterocycles. The number of imidazole rings is 1. The smallest absolute Gasteiger partial charge is 0.139 e. The average molecular weight is 415 g/mol. The van der Waals surface area contributed by atoms with E-state index < -0.39 is 0 Å². The number of fused-ring (bicyclic) bond motifs is 1. The van der Waals surface area contributed by atoms with E-state index in [1.54, 1.807) is 0 Å². The van der Waals surface area contributed by atoms with E-state index in [1.807, 2.05) is 26.2 Å². The van der Waals surface area contributed by atoms with Crippen molar-refractivity contribution in [3.8, 4) is 11.3 Å². The highest BCUT2D eigenvalue weighted by Crippen LogP contribution is 2.31. The van der Waals surface area contributed by atoms with E-state index in [4.69, 9.17) is 9.72 Å². The number of pyridine rings is 1. The number of halogens is 1. The summed E-state index contributed by atoms with van der Waals surface area (Å²) in [5.74, 6) is 1.01. The van der Waals surface area contributed by atoms with Gasteiger partial charge in [0.25, 0.3) is 0 Å². The molecule has 3 heterocycles. The summed E-state index contributed by atoms with van der Waals surface area (Å²) in [6.07, 6.45) is 4.58. The molecule has 1 saturated heterocycles. The first kappa shape index (κ1) is 17.4. The summed E-state index contributed by atoms with van der Waals surface area (Å²) in [5, 5.41) is 3.59. The molecule has 1 atom stereocenters. The minimum absolute atomic E-state index is 0.275. The first-order valence-electron chi connectivity index (χ1n) is 8.92. The van der Waals surface area contributed by atoms with Crippen molar-refractivity contribution in [2.45, 2.75) is 18.9 Å². The van der Waals surface area contributed by atoms with Gasteiger partial charge < -0.3 is 15.0 Å². The van der Waals surface area contributed by atoms with Crippen LogP contribution in [0.3, 0.4) is 0 Å². The van der Waals surface area contributed by atoms with E-state index in [-0.39, 0.29) is 6.10 Å². The number of hydrogen-bond donors (Lipinski definition) is 1. The number of rotatable bonds is 5. The molecule has 0 amide bonds. The molecule has 1 aliphatic heterocycles. The predicted octanol–water partition coefficient (Wildman–Crippen LogP) is 4.42. The normalized spacial score (nSPS) is 17.0. The Morgan fingerprint density at radius 3 is 2.73 bits per heavy atom. The van der Waals surface area contributed by atoms with Gasteiger partial charge in [0.2, 0.25) is 0 Å². The number of anilines is 2. The SMILES string of the molecule is CN(C)c1ccc(-c2nc3ccc(Br)cn3c2NC[C@H]2CCCO2)cc1. The minimum atomic E-state index is 0.275. The third-order valence-corrected chi connectivity index (χ3v) is 5.23. The van der Waals surface area contributed by atoms with Crippen LogP contribution in [0.1, 0.15) is 12.8 Å². The van der Waals surface area contributed by atoms with Gasteiger partial charge in [0, 0.05) is 49.2 Å². The fourth-order valence-electron chi connectivity index (χ4n) is 3.32. The molecule has 0 spiro atoms. The lowest BCUT2D eigenvalue weighted by Crippen LogP contribution is -2.19. The van der Waals surface area contributed by atoms with Gasteiger partial charge in [-0.25, -0.2) is 4.98 Å². The maximum absolute atomic E-state index is 5.77. The summed E-state index contributed by atoms with van der Waals surface area (Å²) >= 11 is 3.57. The molecule has 1 aromatic carbocycles. The van der Waals surface area contributed by atoms with Crippen molar-refractivity contribution in [2.75, 3.05) is 37.5 Å². The lowest BCUT2D eigenvalue weighted by atomic mass is 10.1. The van der Waals surface area contributed by atoms with Crippen molar-refractivity contribution in [1.82, 2.24) is 9.38 Å². The quantitative estimate of drug-likeness (QED) is 0.670. The molecular weight excluding hydrogens is 392 g/mol. The highest BCUT2D eigenvalue weighted by Gasteiger charge is 2.19. The number of benzene rings is 1. The second-order valence-electron chi connectivity index (χ2n) is 6.84. The number of hydrogen-bond acceptors (Lipinski definition) is 4. The van der Waals surface area contributed by atoms with Gasteiger partial charge in [-0.1, -0.05) is 12.1 Å². The van der Waals surface area contributed by atoms with E-state index in [2.05, 4.69) is 61.0 Å². The Kier molecular flexibility index (Phi) is 4.87. The first-order chi connectivity index (χ1) is 12.6. The van der Waals surface area contributed by atoms with Gasteiger partial charge in [0.15, 0.2) is 0 Å². The van der Waals surface area contributed by atoms with Crippen LogP contribution in [0.5, 0.6) is 0 Å². The maximum atomic E-state index is 5.77. The number of nitrogens with one attached hydrogen (secondary N) is 1. The average Bonchev–Trinajstić information content (AvgIpc) is 3.27. The molecule has 0 unspecified atom stereocenters. The molecule has 1 aliphatic rings. The number of aromatic nitrogens is 2. The highest BCUT2D eigenvalue weighted by molar-refractivity contribution is 9.10. The van der Waals surface area contributed by atoms with Crippen LogP contribution in [0, 0.1) is 0 Å². The zero-order valence-corrected chi connectivity index (χ0v) is 16.7. The van der Waals surface area contributed by atoms with Gasteiger partial charge in [-0.15, -0.1) is 0 Å². The summed E-state index contributed by atoms with van der Waals surface area (Å²) in [4.78, 5) is 6.97. The van der Waals surface area contributed by atoms with Gasteiger partial charge in [-0.3, -0.25) is 4.40 Å². The van der Waals surface area contributed by atoms with Crippen LogP contribution in [0.2, 0.25) is 0 Å². The molecule has 0 bridgehead atoms. The van der Waals surface area contributed by atoms with E-state index in [0.717, 1.165) is 53.2 Å². The van der Waals surface area contributed by atoms with Crippen LogP contribution < -0.4 is 10.2 Å². The fraction of sp³-hybridized carbons (Fsp3) is 0.350. The van der Waals surface area contributed by atoms with Crippen molar-refractivity contribution >= 4 is 33.1 Å². The Hall–Kier alpha value is -2.05. The standard InChI is InChI=1S/C20H23BrN4O/c1-24(2)16-8-5-14(6-9-16)19-20(22-12-17-4-3-11-26-17)25-13-15(21)7-10-18(25)23-19/h5-10,13,17,22H,3-4,11-12H2,1-2H3/t17-/m1/s1. The minimum Gasteiger partial charge on any atom is -0.378 e. The van der Waals surface area contributed by atoms with E-state index in [9.17, 15) is 0 Å². The molecule has 1 N–H and O–H groups in total.